The second-order valence-electron chi connectivity index (χ2n) is 7.49. The van der Waals surface area contributed by atoms with E-state index in [1.165, 1.54) is 0 Å². The summed E-state index contributed by atoms with van der Waals surface area (Å²) in [5.74, 6) is -2.26. The first-order valence-corrected chi connectivity index (χ1v) is 9.80. The van der Waals surface area contributed by atoms with Crippen molar-refractivity contribution in [3.05, 3.63) is 35.8 Å². The molecule has 18 heteroatoms. The van der Waals surface area contributed by atoms with Crippen molar-refractivity contribution < 1.29 is 54.2 Å². The standard InChI is InChI=1S/C19H15F9N6O3/c1-37-15-9(14(35)30-3-2-16(36,18(23,24)25)19(26,27)28)4-8(6-31-15)11-5-10(17(20,21)22)12-13(29)32-7-33-34(11)12/h4-7,36H,2-3H2,1H3,(H,30,35)(H2,29,32,33). The highest BCUT2D eigenvalue weighted by Crippen LogP contribution is 2.45. The molecule has 4 N–H and O–H groups in total. The van der Waals surface area contributed by atoms with E-state index in [-0.39, 0.29) is 11.3 Å². The molecule has 1 amide bonds. The van der Waals surface area contributed by atoms with Crippen molar-refractivity contribution in [3.8, 4) is 17.1 Å². The van der Waals surface area contributed by atoms with Crippen LogP contribution in [-0.4, -0.2) is 62.2 Å². The number of carbonyl (C=O) groups excluding carboxylic acids is 1. The van der Waals surface area contributed by atoms with Gasteiger partial charge in [0.05, 0.1) is 18.4 Å². The van der Waals surface area contributed by atoms with E-state index in [0.29, 0.717) is 6.07 Å². The first-order chi connectivity index (χ1) is 16.9. The number of hydrogen-bond donors (Lipinski definition) is 3. The van der Waals surface area contributed by atoms with Crippen LogP contribution in [0.25, 0.3) is 16.8 Å². The van der Waals surface area contributed by atoms with Crippen molar-refractivity contribution in [1.82, 2.24) is 24.9 Å². The highest BCUT2D eigenvalue weighted by molar-refractivity contribution is 5.97. The van der Waals surface area contributed by atoms with E-state index in [0.717, 1.165) is 30.2 Å². The predicted octanol–water partition coefficient (Wildman–Crippen LogP) is 3.38. The third-order valence-corrected chi connectivity index (χ3v) is 5.18. The van der Waals surface area contributed by atoms with Gasteiger partial charge in [0.2, 0.25) is 5.88 Å². The Morgan fingerprint density at radius 1 is 1.08 bits per heavy atom. The number of aliphatic hydroxyl groups is 1. The van der Waals surface area contributed by atoms with Crippen LogP contribution < -0.4 is 15.8 Å². The van der Waals surface area contributed by atoms with E-state index in [1.54, 1.807) is 5.32 Å². The molecular formula is C19H15F9N6O3. The molecule has 0 bridgehead atoms. The zero-order chi connectivity index (χ0) is 28.0. The number of aromatic nitrogens is 4. The zero-order valence-electron chi connectivity index (χ0n) is 18.3. The average molecular weight is 546 g/mol. The van der Waals surface area contributed by atoms with Gasteiger partial charge in [0.15, 0.2) is 5.82 Å². The number of amides is 1. The molecule has 9 nitrogen and oxygen atoms in total. The lowest BCUT2D eigenvalue weighted by Gasteiger charge is -2.32. The molecule has 0 aromatic carbocycles. The monoisotopic (exact) mass is 546 g/mol. The van der Waals surface area contributed by atoms with Crippen LogP contribution >= 0.6 is 0 Å². The number of nitrogens with two attached hydrogens (primary N) is 1. The number of nitrogens with one attached hydrogen (secondary N) is 1. The van der Waals surface area contributed by atoms with Gasteiger partial charge in [0, 0.05) is 24.7 Å². The summed E-state index contributed by atoms with van der Waals surface area (Å²) in [4.78, 5) is 19.9. The van der Waals surface area contributed by atoms with Crippen molar-refractivity contribution in [2.75, 3.05) is 19.4 Å². The summed E-state index contributed by atoms with van der Waals surface area (Å²) in [7, 11) is 1.03. The number of pyridine rings is 1. The molecule has 0 unspecified atom stereocenters. The third-order valence-electron chi connectivity index (χ3n) is 5.18. The third kappa shape index (κ3) is 5.05. The Hall–Kier alpha value is -3.83. The summed E-state index contributed by atoms with van der Waals surface area (Å²) < 4.78 is 123. The van der Waals surface area contributed by atoms with Crippen LogP contribution in [-0.2, 0) is 6.18 Å². The van der Waals surface area contributed by atoms with E-state index >= 15 is 0 Å². The van der Waals surface area contributed by atoms with Gasteiger partial charge >= 0.3 is 18.5 Å². The summed E-state index contributed by atoms with van der Waals surface area (Å²) in [6.45, 7) is -1.29. The number of carbonyl (C=O) groups is 1. The van der Waals surface area contributed by atoms with Crippen LogP contribution in [0.2, 0.25) is 0 Å². The quantitative estimate of drug-likeness (QED) is 0.405. The highest BCUT2D eigenvalue weighted by Gasteiger charge is 2.69. The summed E-state index contributed by atoms with van der Waals surface area (Å²) in [5.41, 5.74) is -2.35. The molecule has 0 aliphatic rings. The lowest BCUT2D eigenvalue weighted by atomic mass is 9.98. The number of nitrogen functional groups attached to an aromatic ring is 1. The van der Waals surface area contributed by atoms with E-state index in [1.807, 2.05) is 0 Å². The number of hydrogen-bond acceptors (Lipinski definition) is 7. The number of rotatable bonds is 6. The van der Waals surface area contributed by atoms with Crippen molar-refractivity contribution in [1.29, 1.82) is 0 Å². The van der Waals surface area contributed by atoms with Gasteiger partial charge in [-0.2, -0.15) is 44.6 Å². The van der Waals surface area contributed by atoms with Crippen LogP contribution in [0.15, 0.2) is 24.7 Å². The van der Waals surface area contributed by atoms with Gasteiger partial charge in [0.1, 0.15) is 17.4 Å². The molecule has 0 atom stereocenters. The minimum atomic E-state index is -6.09. The Kier molecular flexibility index (Phi) is 6.93. The molecule has 0 saturated carbocycles. The van der Waals surface area contributed by atoms with Gasteiger partial charge in [-0.05, 0) is 12.1 Å². The van der Waals surface area contributed by atoms with Gasteiger partial charge in [-0.25, -0.2) is 14.5 Å². The summed E-state index contributed by atoms with van der Waals surface area (Å²) in [6, 6.07) is 1.57. The van der Waals surface area contributed by atoms with Crippen LogP contribution in [0, 0.1) is 0 Å². The highest BCUT2D eigenvalue weighted by atomic mass is 19.4. The maximum Gasteiger partial charge on any atom is 0.426 e. The van der Waals surface area contributed by atoms with Crippen LogP contribution in [0.3, 0.4) is 0 Å². The first kappa shape index (κ1) is 27.8. The van der Waals surface area contributed by atoms with E-state index in [4.69, 9.17) is 10.5 Å². The number of halogens is 9. The minimum Gasteiger partial charge on any atom is -0.480 e. The molecule has 3 heterocycles. The predicted molar refractivity (Wildman–Crippen MR) is 106 cm³/mol. The Labute approximate surface area is 200 Å². The maximum absolute atomic E-state index is 13.6. The second-order valence-corrected chi connectivity index (χ2v) is 7.49. The van der Waals surface area contributed by atoms with Crippen LogP contribution in [0.4, 0.5) is 45.3 Å². The summed E-state index contributed by atoms with van der Waals surface area (Å²) in [5, 5.41) is 14.7. The maximum atomic E-state index is 13.6. The lowest BCUT2D eigenvalue weighted by Crippen LogP contribution is -2.58. The largest absolute Gasteiger partial charge is 0.480 e. The Balaban J connectivity index is 1.98. The Bertz CT molecular complexity index is 1300. The fraction of sp³-hybridized carbons (Fsp3) is 0.368. The topological polar surface area (TPSA) is 128 Å². The first-order valence-electron chi connectivity index (χ1n) is 9.80. The SMILES string of the molecule is COc1ncc(-c2cc(C(F)(F)F)c3c(N)ncnn23)cc1C(=O)NCCC(O)(C(F)(F)F)C(F)(F)F. The fourth-order valence-electron chi connectivity index (χ4n) is 3.30. The van der Waals surface area contributed by atoms with Crippen molar-refractivity contribution in [3.63, 3.8) is 0 Å². The molecule has 0 saturated heterocycles. The van der Waals surface area contributed by atoms with Crippen molar-refractivity contribution in [2.24, 2.45) is 0 Å². The van der Waals surface area contributed by atoms with Gasteiger partial charge in [-0.15, -0.1) is 0 Å². The number of anilines is 1. The Morgan fingerprint density at radius 3 is 2.24 bits per heavy atom. The van der Waals surface area contributed by atoms with Crippen molar-refractivity contribution in [2.45, 2.75) is 30.6 Å². The number of alkyl halides is 9. The molecule has 3 aromatic rings. The van der Waals surface area contributed by atoms with E-state index < -0.39 is 71.3 Å². The average Bonchev–Trinajstić information content (AvgIpc) is 3.18. The van der Waals surface area contributed by atoms with Gasteiger partial charge in [0.25, 0.3) is 11.5 Å². The van der Waals surface area contributed by atoms with Gasteiger partial charge in [-0.3, -0.25) is 4.79 Å². The van der Waals surface area contributed by atoms with Gasteiger partial charge in [-0.1, -0.05) is 0 Å². The molecule has 3 aromatic heterocycles. The number of nitrogens with zero attached hydrogens (tertiary/aromatic N) is 4. The number of ether oxygens (including phenoxy) is 1. The zero-order valence-corrected chi connectivity index (χ0v) is 18.3. The van der Waals surface area contributed by atoms with Gasteiger partial charge < -0.3 is 20.9 Å². The van der Waals surface area contributed by atoms with Crippen LogP contribution in [0.1, 0.15) is 22.3 Å². The van der Waals surface area contributed by atoms with E-state index in [9.17, 15) is 49.4 Å². The fourth-order valence-corrected chi connectivity index (χ4v) is 3.30. The summed E-state index contributed by atoms with van der Waals surface area (Å²) in [6.07, 6.45) is -17.2. The Morgan fingerprint density at radius 2 is 1.70 bits per heavy atom. The molecule has 0 spiro atoms. The molecule has 0 fully saturated rings. The van der Waals surface area contributed by atoms with Crippen LogP contribution in [0.5, 0.6) is 5.88 Å². The second kappa shape index (κ2) is 9.24. The molecule has 0 aliphatic carbocycles. The molecule has 3 rings (SSSR count). The molecular weight excluding hydrogens is 531 g/mol. The minimum absolute atomic E-state index is 0.170. The lowest BCUT2D eigenvalue weighted by molar-refractivity contribution is -0.369. The normalized spacial score (nSPS) is 13.2. The molecule has 202 valence electrons. The summed E-state index contributed by atoms with van der Waals surface area (Å²) >= 11 is 0. The smallest absolute Gasteiger partial charge is 0.426 e. The molecule has 0 aliphatic heterocycles. The number of methoxy groups -OCH3 is 1. The molecule has 0 radical (unpaired) electrons. The van der Waals surface area contributed by atoms with E-state index in [2.05, 4.69) is 15.1 Å². The number of fused-ring (bicyclic) bond motifs is 1. The van der Waals surface area contributed by atoms with Crippen molar-refractivity contribution >= 4 is 17.2 Å². The molecule has 37 heavy (non-hydrogen) atoms.